The Labute approximate surface area is 167 Å². The zero-order chi connectivity index (χ0) is 19.3. The van der Waals surface area contributed by atoms with Crippen molar-refractivity contribution < 1.29 is 9.15 Å². The molecule has 0 bridgehead atoms. The number of hydrogen-bond acceptors (Lipinski definition) is 4. The van der Waals surface area contributed by atoms with Gasteiger partial charge < -0.3 is 9.15 Å². The molecule has 0 atom stereocenters. The highest BCUT2D eigenvalue weighted by molar-refractivity contribution is 5.83. The SMILES string of the molecule is CCN(Cc1ccccc1)C1CCN(Cc2cc3cccc(OC)c3o2)CC1. The number of ether oxygens (including phenoxy) is 1. The fraction of sp³-hybridized carbons (Fsp3) is 0.417. The first-order valence-corrected chi connectivity index (χ1v) is 10.3. The van der Waals surface area contributed by atoms with E-state index in [1.54, 1.807) is 7.11 Å². The molecule has 0 amide bonds. The van der Waals surface area contributed by atoms with Crippen LogP contribution in [0.3, 0.4) is 0 Å². The van der Waals surface area contributed by atoms with Gasteiger partial charge in [-0.2, -0.15) is 0 Å². The van der Waals surface area contributed by atoms with Gasteiger partial charge in [-0.3, -0.25) is 9.80 Å². The summed E-state index contributed by atoms with van der Waals surface area (Å²) in [5.74, 6) is 1.83. The first kappa shape index (κ1) is 19.0. The van der Waals surface area contributed by atoms with Crippen LogP contribution in [0, 0.1) is 0 Å². The highest BCUT2D eigenvalue weighted by atomic mass is 16.5. The summed E-state index contributed by atoms with van der Waals surface area (Å²) in [7, 11) is 1.69. The van der Waals surface area contributed by atoms with Crippen molar-refractivity contribution in [3.05, 3.63) is 65.9 Å². The Morgan fingerprint density at radius 3 is 2.57 bits per heavy atom. The summed E-state index contributed by atoms with van der Waals surface area (Å²) in [6.45, 7) is 7.52. The number of fused-ring (bicyclic) bond motifs is 1. The number of furan rings is 1. The average Bonchev–Trinajstić information content (AvgIpc) is 3.16. The fourth-order valence-electron chi connectivity index (χ4n) is 4.31. The maximum Gasteiger partial charge on any atom is 0.176 e. The third kappa shape index (κ3) is 4.23. The molecule has 0 radical (unpaired) electrons. The average molecular weight is 379 g/mol. The van der Waals surface area contributed by atoms with Crippen LogP contribution < -0.4 is 4.74 Å². The quantitative estimate of drug-likeness (QED) is 0.583. The van der Waals surface area contributed by atoms with Crippen LogP contribution in [0.5, 0.6) is 5.75 Å². The molecule has 0 unspecified atom stereocenters. The Balaban J connectivity index is 1.35. The third-order valence-corrected chi connectivity index (χ3v) is 5.87. The van der Waals surface area contributed by atoms with Crippen LogP contribution in [0.25, 0.3) is 11.0 Å². The number of piperidine rings is 1. The molecule has 2 heterocycles. The molecule has 1 fully saturated rings. The van der Waals surface area contributed by atoms with Crippen molar-refractivity contribution in [1.29, 1.82) is 0 Å². The lowest BCUT2D eigenvalue weighted by atomic mass is 10.0. The number of hydrogen-bond donors (Lipinski definition) is 0. The minimum absolute atomic E-state index is 0.664. The number of benzene rings is 2. The van der Waals surface area contributed by atoms with E-state index in [1.165, 1.54) is 18.4 Å². The van der Waals surface area contributed by atoms with Crippen LogP contribution in [-0.2, 0) is 13.1 Å². The molecule has 1 aliphatic heterocycles. The van der Waals surface area contributed by atoms with E-state index in [1.807, 2.05) is 12.1 Å². The predicted octanol–water partition coefficient (Wildman–Crippen LogP) is 4.93. The molecule has 0 aliphatic carbocycles. The molecule has 28 heavy (non-hydrogen) atoms. The van der Waals surface area contributed by atoms with Crippen molar-refractivity contribution in [3.8, 4) is 5.75 Å². The van der Waals surface area contributed by atoms with Crippen molar-refractivity contribution in [2.24, 2.45) is 0 Å². The Hall–Kier alpha value is -2.30. The van der Waals surface area contributed by atoms with E-state index in [0.717, 1.165) is 55.2 Å². The van der Waals surface area contributed by atoms with Gasteiger partial charge in [0.1, 0.15) is 5.76 Å². The van der Waals surface area contributed by atoms with Gasteiger partial charge in [0.2, 0.25) is 0 Å². The molecule has 4 heteroatoms. The highest BCUT2D eigenvalue weighted by Gasteiger charge is 2.24. The van der Waals surface area contributed by atoms with E-state index in [-0.39, 0.29) is 0 Å². The van der Waals surface area contributed by atoms with Crippen molar-refractivity contribution in [1.82, 2.24) is 9.80 Å². The topological polar surface area (TPSA) is 28.9 Å². The highest BCUT2D eigenvalue weighted by Crippen LogP contribution is 2.29. The Morgan fingerprint density at radius 1 is 1.07 bits per heavy atom. The zero-order valence-electron chi connectivity index (χ0n) is 16.9. The minimum atomic E-state index is 0.664. The van der Waals surface area contributed by atoms with Crippen LogP contribution in [0.4, 0.5) is 0 Å². The van der Waals surface area contributed by atoms with E-state index in [9.17, 15) is 0 Å². The van der Waals surface area contributed by atoms with E-state index in [2.05, 4.69) is 59.2 Å². The van der Waals surface area contributed by atoms with Gasteiger partial charge in [-0.05, 0) is 37.1 Å². The van der Waals surface area contributed by atoms with E-state index in [4.69, 9.17) is 9.15 Å². The molecule has 4 nitrogen and oxygen atoms in total. The number of rotatable bonds is 7. The normalized spacial score (nSPS) is 16.1. The van der Waals surface area contributed by atoms with Gasteiger partial charge in [-0.25, -0.2) is 0 Å². The third-order valence-electron chi connectivity index (χ3n) is 5.87. The summed E-state index contributed by atoms with van der Waals surface area (Å²) in [6, 6.07) is 19.7. The maximum absolute atomic E-state index is 6.09. The standard InChI is InChI=1S/C24H30N2O2/c1-3-26(17-19-8-5-4-6-9-19)21-12-14-25(15-13-21)18-22-16-20-10-7-11-23(27-2)24(20)28-22/h4-11,16,21H,3,12-15,17-18H2,1-2H3. The van der Waals surface area contributed by atoms with E-state index >= 15 is 0 Å². The first-order chi connectivity index (χ1) is 13.8. The molecular formula is C24H30N2O2. The summed E-state index contributed by atoms with van der Waals surface area (Å²) < 4.78 is 11.5. The van der Waals surface area contributed by atoms with Gasteiger partial charge in [0.05, 0.1) is 13.7 Å². The number of methoxy groups -OCH3 is 1. The second kappa shape index (κ2) is 8.80. The Kier molecular flexibility index (Phi) is 5.98. The lowest BCUT2D eigenvalue weighted by Gasteiger charge is -2.38. The van der Waals surface area contributed by atoms with Gasteiger partial charge in [0, 0.05) is 31.1 Å². The Bertz CT molecular complexity index is 882. The summed E-state index contributed by atoms with van der Waals surface area (Å²) in [5, 5.41) is 1.12. The van der Waals surface area contributed by atoms with Crippen LogP contribution >= 0.6 is 0 Å². The van der Waals surface area contributed by atoms with Crippen molar-refractivity contribution in [2.45, 2.75) is 38.9 Å². The second-order valence-electron chi connectivity index (χ2n) is 7.65. The van der Waals surface area contributed by atoms with Crippen molar-refractivity contribution in [2.75, 3.05) is 26.7 Å². The summed E-state index contributed by atoms with van der Waals surface area (Å²) in [6.07, 6.45) is 2.43. The second-order valence-corrected chi connectivity index (χ2v) is 7.65. The number of likely N-dealkylation sites (tertiary alicyclic amines) is 1. The van der Waals surface area contributed by atoms with Crippen LogP contribution in [0.15, 0.2) is 59.0 Å². The van der Waals surface area contributed by atoms with Gasteiger partial charge in [-0.1, -0.05) is 49.4 Å². The predicted molar refractivity (Wildman–Crippen MR) is 114 cm³/mol. The molecule has 2 aromatic carbocycles. The molecule has 0 saturated carbocycles. The monoisotopic (exact) mass is 378 g/mol. The molecular weight excluding hydrogens is 348 g/mol. The molecule has 1 aromatic heterocycles. The van der Waals surface area contributed by atoms with Crippen LogP contribution in [0.1, 0.15) is 31.1 Å². The van der Waals surface area contributed by atoms with Crippen LogP contribution in [-0.4, -0.2) is 42.6 Å². The van der Waals surface area contributed by atoms with Gasteiger partial charge >= 0.3 is 0 Å². The van der Waals surface area contributed by atoms with Crippen molar-refractivity contribution in [3.63, 3.8) is 0 Å². The first-order valence-electron chi connectivity index (χ1n) is 10.3. The molecule has 3 aromatic rings. The molecule has 0 spiro atoms. The number of nitrogens with zero attached hydrogens (tertiary/aromatic N) is 2. The summed E-state index contributed by atoms with van der Waals surface area (Å²) in [4.78, 5) is 5.13. The number of para-hydroxylation sites is 1. The molecule has 148 valence electrons. The molecule has 0 N–H and O–H groups in total. The van der Waals surface area contributed by atoms with Crippen LogP contribution in [0.2, 0.25) is 0 Å². The smallest absolute Gasteiger partial charge is 0.176 e. The summed E-state index contributed by atoms with van der Waals surface area (Å²) in [5.41, 5.74) is 2.26. The lowest BCUT2D eigenvalue weighted by Crippen LogP contribution is -2.44. The molecule has 4 rings (SSSR count). The van der Waals surface area contributed by atoms with Gasteiger partial charge in [-0.15, -0.1) is 0 Å². The zero-order valence-corrected chi connectivity index (χ0v) is 16.9. The Morgan fingerprint density at radius 2 is 1.86 bits per heavy atom. The molecule has 1 saturated heterocycles. The van der Waals surface area contributed by atoms with E-state index in [0.29, 0.717) is 6.04 Å². The largest absolute Gasteiger partial charge is 0.493 e. The summed E-state index contributed by atoms with van der Waals surface area (Å²) >= 11 is 0. The van der Waals surface area contributed by atoms with E-state index < -0.39 is 0 Å². The minimum Gasteiger partial charge on any atom is -0.493 e. The maximum atomic E-state index is 6.09. The van der Waals surface area contributed by atoms with Gasteiger partial charge in [0.15, 0.2) is 11.3 Å². The van der Waals surface area contributed by atoms with Crippen molar-refractivity contribution >= 4 is 11.0 Å². The lowest BCUT2D eigenvalue weighted by molar-refractivity contribution is 0.0997. The van der Waals surface area contributed by atoms with Gasteiger partial charge in [0.25, 0.3) is 0 Å². The fourth-order valence-corrected chi connectivity index (χ4v) is 4.31. The molecule has 1 aliphatic rings.